The molecule has 1 atom stereocenters. The molecule has 1 aliphatic heterocycles. The third-order valence-corrected chi connectivity index (χ3v) is 5.85. The van der Waals surface area contributed by atoms with Crippen LogP contribution < -0.4 is 14.4 Å². The van der Waals surface area contributed by atoms with Crippen LogP contribution in [0.5, 0.6) is 11.5 Å². The van der Waals surface area contributed by atoms with E-state index in [9.17, 15) is 4.79 Å². The Bertz CT molecular complexity index is 964. The Hall–Kier alpha value is -2.64. The van der Waals surface area contributed by atoms with Crippen LogP contribution in [0.15, 0.2) is 42.5 Å². The molecule has 0 spiro atoms. The number of amides is 1. The normalized spacial score (nSPS) is 16.3. The van der Waals surface area contributed by atoms with Gasteiger partial charge in [0, 0.05) is 12.2 Å². The van der Waals surface area contributed by atoms with Crippen LogP contribution in [0.3, 0.4) is 0 Å². The zero-order valence-corrected chi connectivity index (χ0v) is 16.7. The van der Waals surface area contributed by atoms with Gasteiger partial charge in [-0.25, -0.2) is 4.98 Å². The smallest absolute Gasteiger partial charge is 0.260 e. The van der Waals surface area contributed by atoms with Gasteiger partial charge in [0.15, 0.2) is 5.13 Å². The van der Waals surface area contributed by atoms with Crippen molar-refractivity contribution in [3.05, 3.63) is 48.0 Å². The number of aromatic nitrogens is 1. The predicted octanol–water partition coefficient (Wildman–Crippen LogP) is 4.14. The molecule has 0 aliphatic carbocycles. The Morgan fingerprint density at radius 1 is 1.18 bits per heavy atom. The molecule has 6 nitrogen and oxygen atoms in total. The summed E-state index contributed by atoms with van der Waals surface area (Å²) >= 11 is 1.48. The van der Waals surface area contributed by atoms with E-state index in [2.05, 4.69) is 0 Å². The maximum Gasteiger partial charge on any atom is 0.260 e. The molecular formula is C21H22N2O4S. The van der Waals surface area contributed by atoms with Crippen molar-refractivity contribution < 1.29 is 19.0 Å². The summed E-state index contributed by atoms with van der Waals surface area (Å²) in [5, 5.41) is 0.666. The van der Waals surface area contributed by atoms with Crippen molar-refractivity contribution >= 4 is 32.6 Å². The van der Waals surface area contributed by atoms with Crippen LogP contribution in [0.25, 0.3) is 10.2 Å². The second kappa shape index (κ2) is 8.16. The van der Waals surface area contributed by atoms with E-state index in [4.69, 9.17) is 19.2 Å². The van der Waals surface area contributed by atoms with Gasteiger partial charge in [-0.05, 0) is 55.3 Å². The van der Waals surface area contributed by atoms with E-state index >= 15 is 0 Å². The SMILES string of the molecule is COc1ccc(C(=O)N(CC2CCCO2)c2nc3ccc(OC)cc3s2)cc1. The third-order valence-electron chi connectivity index (χ3n) is 4.81. The van der Waals surface area contributed by atoms with E-state index in [1.807, 2.05) is 18.2 Å². The fraction of sp³-hybridized carbons (Fsp3) is 0.333. The van der Waals surface area contributed by atoms with E-state index < -0.39 is 0 Å². The minimum absolute atomic E-state index is 0.0312. The van der Waals surface area contributed by atoms with Gasteiger partial charge in [0.25, 0.3) is 5.91 Å². The van der Waals surface area contributed by atoms with Crippen LogP contribution in [0.1, 0.15) is 23.2 Å². The van der Waals surface area contributed by atoms with Crippen LogP contribution in [-0.2, 0) is 4.74 Å². The Kier molecular flexibility index (Phi) is 5.45. The van der Waals surface area contributed by atoms with E-state index in [0.29, 0.717) is 23.0 Å². The first-order valence-electron chi connectivity index (χ1n) is 9.20. The second-order valence-corrected chi connectivity index (χ2v) is 7.62. The highest BCUT2D eigenvalue weighted by molar-refractivity contribution is 7.22. The van der Waals surface area contributed by atoms with Gasteiger partial charge < -0.3 is 14.2 Å². The average molecular weight is 398 g/mol. The van der Waals surface area contributed by atoms with Crippen LogP contribution in [0.2, 0.25) is 0 Å². The number of fused-ring (bicyclic) bond motifs is 1. The molecule has 146 valence electrons. The summed E-state index contributed by atoms with van der Waals surface area (Å²) in [5.41, 5.74) is 1.44. The van der Waals surface area contributed by atoms with Gasteiger partial charge in [-0.15, -0.1) is 0 Å². The van der Waals surface area contributed by atoms with Crippen molar-refractivity contribution in [2.75, 3.05) is 32.3 Å². The molecule has 4 rings (SSSR count). The van der Waals surface area contributed by atoms with Gasteiger partial charge in [-0.1, -0.05) is 11.3 Å². The average Bonchev–Trinajstić information content (AvgIpc) is 3.40. The lowest BCUT2D eigenvalue weighted by molar-refractivity contribution is 0.0917. The summed E-state index contributed by atoms with van der Waals surface area (Å²) in [5.74, 6) is 1.40. The Balaban J connectivity index is 1.68. The number of anilines is 1. The minimum atomic E-state index is -0.0934. The third kappa shape index (κ3) is 3.81. The summed E-state index contributed by atoms with van der Waals surface area (Å²) < 4.78 is 17.3. The van der Waals surface area contributed by atoms with Gasteiger partial charge in [-0.2, -0.15) is 0 Å². The molecule has 2 aromatic carbocycles. The lowest BCUT2D eigenvalue weighted by atomic mass is 10.1. The van der Waals surface area contributed by atoms with Crippen LogP contribution >= 0.6 is 11.3 Å². The number of carbonyl (C=O) groups excluding carboxylic acids is 1. The second-order valence-electron chi connectivity index (χ2n) is 6.61. The number of hydrogen-bond acceptors (Lipinski definition) is 6. The number of methoxy groups -OCH3 is 2. The molecule has 0 bridgehead atoms. The fourth-order valence-electron chi connectivity index (χ4n) is 3.26. The number of ether oxygens (including phenoxy) is 3. The minimum Gasteiger partial charge on any atom is -0.497 e. The summed E-state index contributed by atoms with van der Waals surface area (Å²) in [4.78, 5) is 19.7. The zero-order valence-electron chi connectivity index (χ0n) is 15.9. The topological polar surface area (TPSA) is 60.9 Å². The van der Waals surface area contributed by atoms with Crippen molar-refractivity contribution in [2.45, 2.75) is 18.9 Å². The number of nitrogens with zero attached hydrogens (tertiary/aromatic N) is 2. The van der Waals surface area contributed by atoms with Crippen LogP contribution in [0, 0.1) is 0 Å². The van der Waals surface area contributed by atoms with Crippen LogP contribution in [0.4, 0.5) is 5.13 Å². The quantitative estimate of drug-likeness (QED) is 0.625. The van der Waals surface area contributed by atoms with Gasteiger partial charge in [0.05, 0.1) is 37.1 Å². The molecular weight excluding hydrogens is 376 g/mol. The molecule has 7 heteroatoms. The lowest BCUT2D eigenvalue weighted by Gasteiger charge is -2.23. The van der Waals surface area contributed by atoms with Crippen molar-refractivity contribution in [1.29, 1.82) is 0 Å². The maximum absolute atomic E-state index is 13.3. The van der Waals surface area contributed by atoms with Crippen molar-refractivity contribution in [1.82, 2.24) is 4.98 Å². The largest absolute Gasteiger partial charge is 0.497 e. The van der Waals surface area contributed by atoms with Crippen molar-refractivity contribution in [3.8, 4) is 11.5 Å². The molecule has 0 N–H and O–H groups in total. The summed E-state index contributed by atoms with van der Waals surface area (Å²) in [7, 11) is 3.25. The van der Waals surface area contributed by atoms with Gasteiger partial charge >= 0.3 is 0 Å². The highest BCUT2D eigenvalue weighted by atomic mass is 32.1. The molecule has 0 radical (unpaired) electrons. The molecule has 1 saturated heterocycles. The molecule has 1 amide bonds. The molecule has 1 aliphatic rings. The number of rotatable bonds is 6. The van der Waals surface area contributed by atoms with E-state index in [1.54, 1.807) is 43.4 Å². The van der Waals surface area contributed by atoms with Crippen molar-refractivity contribution in [3.63, 3.8) is 0 Å². The van der Waals surface area contributed by atoms with Gasteiger partial charge in [0.1, 0.15) is 11.5 Å². The summed E-state index contributed by atoms with van der Waals surface area (Å²) in [6.45, 7) is 1.23. The first-order valence-corrected chi connectivity index (χ1v) is 10.0. The number of thiazole rings is 1. The monoisotopic (exact) mass is 398 g/mol. The molecule has 1 unspecified atom stereocenters. The van der Waals surface area contributed by atoms with E-state index in [0.717, 1.165) is 35.4 Å². The zero-order chi connectivity index (χ0) is 19.5. The highest BCUT2D eigenvalue weighted by Crippen LogP contribution is 2.33. The van der Waals surface area contributed by atoms with Gasteiger partial charge in [-0.3, -0.25) is 9.69 Å². The summed E-state index contributed by atoms with van der Waals surface area (Å²) in [6.07, 6.45) is 2.00. The molecule has 0 saturated carbocycles. The number of carbonyl (C=O) groups is 1. The lowest BCUT2D eigenvalue weighted by Crippen LogP contribution is -2.37. The van der Waals surface area contributed by atoms with Crippen molar-refractivity contribution in [2.24, 2.45) is 0 Å². The Morgan fingerprint density at radius 3 is 2.61 bits per heavy atom. The highest BCUT2D eigenvalue weighted by Gasteiger charge is 2.27. The molecule has 3 aromatic rings. The molecule has 28 heavy (non-hydrogen) atoms. The number of benzene rings is 2. The molecule has 1 fully saturated rings. The fourth-order valence-corrected chi connectivity index (χ4v) is 4.27. The Labute approximate surface area is 167 Å². The van der Waals surface area contributed by atoms with Gasteiger partial charge in [0.2, 0.25) is 0 Å². The molecule has 2 heterocycles. The molecule has 1 aromatic heterocycles. The maximum atomic E-state index is 13.3. The van der Waals surface area contributed by atoms with Crippen LogP contribution in [-0.4, -0.2) is 44.4 Å². The number of hydrogen-bond donors (Lipinski definition) is 0. The van der Waals surface area contributed by atoms with E-state index in [-0.39, 0.29) is 12.0 Å². The predicted molar refractivity (Wildman–Crippen MR) is 110 cm³/mol. The van der Waals surface area contributed by atoms with E-state index in [1.165, 1.54) is 11.3 Å². The standard InChI is InChI=1S/C21H22N2O4S/c1-25-15-7-5-14(6-8-15)20(24)23(13-17-4-3-11-27-17)21-22-18-10-9-16(26-2)12-19(18)28-21/h5-10,12,17H,3-4,11,13H2,1-2H3. The first-order chi connectivity index (χ1) is 13.7. The first kappa shape index (κ1) is 18.7. The summed E-state index contributed by atoms with van der Waals surface area (Å²) in [6, 6.07) is 12.9. The Morgan fingerprint density at radius 2 is 1.93 bits per heavy atom.